The number of aromatic nitrogens is 2. The van der Waals surface area contributed by atoms with Crippen molar-refractivity contribution >= 4 is 27.5 Å². The Morgan fingerprint density at radius 2 is 2.33 bits per heavy atom. The lowest BCUT2D eigenvalue weighted by Gasteiger charge is -1.94. The van der Waals surface area contributed by atoms with Gasteiger partial charge in [-0.15, -0.1) is 0 Å². The Kier molecular flexibility index (Phi) is 2.43. The van der Waals surface area contributed by atoms with Crippen LogP contribution in [0.2, 0.25) is 5.02 Å². The van der Waals surface area contributed by atoms with Crippen LogP contribution in [-0.2, 0) is 0 Å². The molecule has 0 aliphatic rings. The van der Waals surface area contributed by atoms with Crippen molar-refractivity contribution < 1.29 is 5.03 Å². The van der Waals surface area contributed by atoms with Crippen molar-refractivity contribution in [2.24, 2.45) is 0 Å². The molecule has 0 saturated carbocycles. The lowest BCUT2D eigenvalue weighted by molar-refractivity contribution is -0.556. The van der Waals surface area contributed by atoms with Gasteiger partial charge in [-0.1, -0.05) is 11.6 Å². The predicted octanol–water partition coefficient (Wildman–Crippen LogP) is 0.699. The molecule has 8 heteroatoms. The molecule has 0 aliphatic heterocycles. The quantitative estimate of drug-likeness (QED) is 0.546. The summed E-state index contributed by atoms with van der Waals surface area (Å²) in [6.07, 6.45) is 1.08. The Morgan fingerprint density at radius 3 is 2.83 bits per heavy atom. The Bertz CT molecular complexity index is 390. The number of nitrogens with zero attached hydrogens (tertiary/aromatic N) is 3. The SMILES string of the molecule is O=c1c(Cl)c(Br)cnn1[N+](=O)[O-]. The molecule has 0 aliphatic carbocycles. The summed E-state index contributed by atoms with van der Waals surface area (Å²) in [6, 6.07) is 0. The fraction of sp³-hybridized carbons (Fsp3) is 0. The minimum Gasteiger partial charge on any atom is -0.339 e. The smallest absolute Gasteiger partial charge is 0.339 e. The van der Waals surface area contributed by atoms with Gasteiger partial charge in [0.25, 0.3) is 0 Å². The van der Waals surface area contributed by atoms with E-state index in [9.17, 15) is 14.9 Å². The molecule has 1 rings (SSSR count). The van der Waals surface area contributed by atoms with Gasteiger partial charge in [0.15, 0.2) is 6.20 Å². The Hall–Kier alpha value is -0.950. The van der Waals surface area contributed by atoms with E-state index in [1.165, 1.54) is 0 Å². The highest BCUT2D eigenvalue weighted by Crippen LogP contribution is 2.15. The topological polar surface area (TPSA) is 78.0 Å². The molecule has 64 valence electrons. The van der Waals surface area contributed by atoms with Crippen LogP contribution >= 0.6 is 27.5 Å². The molecule has 0 fully saturated rings. The number of rotatable bonds is 1. The zero-order valence-corrected chi connectivity index (χ0v) is 7.74. The third kappa shape index (κ3) is 1.46. The van der Waals surface area contributed by atoms with Gasteiger partial charge in [0, 0.05) is 5.10 Å². The van der Waals surface area contributed by atoms with E-state index in [1.54, 1.807) is 0 Å². The van der Waals surface area contributed by atoms with Gasteiger partial charge in [-0.25, -0.2) is 0 Å². The molecular formula is C4HBrClN3O3. The van der Waals surface area contributed by atoms with Crippen molar-refractivity contribution in [1.82, 2.24) is 9.89 Å². The van der Waals surface area contributed by atoms with E-state index in [0.29, 0.717) is 0 Å². The summed E-state index contributed by atoms with van der Waals surface area (Å²) in [5.74, 6) is 0. The van der Waals surface area contributed by atoms with Crippen LogP contribution in [0.15, 0.2) is 15.5 Å². The van der Waals surface area contributed by atoms with Gasteiger partial charge in [-0.05, 0) is 15.9 Å². The minimum atomic E-state index is -0.962. The third-order valence-corrected chi connectivity index (χ3v) is 2.21. The van der Waals surface area contributed by atoms with Crippen LogP contribution in [0.1, 0.15) is 0 Å². The summed E-state index contributed by atoms with van der Waals surface area (Å²) < 4.78 is 0.229. The van der Waals surface area contributed by atoms with Gasteiger partial charge in [-0.2, -0.15) is 0 Å². The first-order valence-electron chi connectivity index (χ1n) is 2.62. The van der Waals surface area contributed by atoms with E-state index < -0.39 is 10.6 Å². The third-order valence-electron chi connectivity index (χ3n) is 1.01. The Morgan fingerprint density at radius 1 is 1.75 bits per heavy atom. The molecule has 1 aromatic rings. The molecule has 0 N–H and O–H groups in total. The summed E-state index contributed by atoms with van der Waals surface area (Å²) in [5, 5.41) is 12.1. The molecule has 0 aromatic carbocycles. The molecule has 12 heavy (non-hydrogen) atoms. The zero-order valence-electron chi connectivity index (χ0n) is 5.40. The highest BCUT2D eigenvalue weighted by atomic mass is 79.9. The average Bonchev–Trinajstić information content (AvgIpc) is 2.00. The lowest BCUT2D eigenvalue weighted by Crippen LogP contribution is -2.28. The normalized spacial score (nSPS) is 9.83. The number of nitro groups is 1. The van der Waals surface area contributed by atoms with Crippen LogP contribution in [0.25, 0.3) is 0 Å². The first-order chi connectivity index (χ1) is 5.54. The molecular weight excluding hydrogens is 253 g/mol. The molecule has 1 heterocycles. The Labute approximate surface area is 79.0 Å². The summed E-state index contributed by atoms with van der Waals surface area (Å²) >= 11 is 8.30. The fourth-order valence-corrected chi connectivity index (χ4v) is 0.906. The molecule has 0 amide bonds. The predicted molar refractivity (Wildman–Crippen MR) is 43.6 cm³/mol. The van der Waals surface area contributed by atoms with Crippen molar-refractivity contribution in [3.8, 4) is 0 Å². The van der Waals surface area contributed by atoms with Crippen molar-refractivity contribution in [3.05, 3.63) is 36.2 Å². The maximum Gasteiger partial charge on any atom is 0.353 e. The van der Waals surface area contributed by atoms with E-state index in [2.05, 4.69) is 21.0 Å². The van der Waals surface area contributed by atoms with Gasteiger partial charge in [0.2, 0.25) is 0 Å². The van der Waals surface area contributed by atoms with Gasteiger partial charge < -0.3 is 10.1 Å². The van der Waals surface area contributed by atoms with Crippen molar-refractivity contribution in [2.45, 2.75) is 0 Å². The van der Waals surface area contributed by atoms with E-state index in [0.717, 1.165) is 6.20 Å². The van der Waals surface area contributed by atoms with Gasteiger partial charge in [0.1, 0.15) is 5.02 Å². The molecule has 6 nitrogen and oxygen atoms in total. The summed E-state index contributed by atoms with van der Waals surface area (Å²) in [5.41, 5.74) is -0.962. The van der Waals surface area contributed by atoms with E-state index in [1.807, 2.05) is 0 Å². The fourth-order valence-electron chi connectivity index (χ4n) is 0.521. The second-order valence-electron chi connectivity index (χ2n) is 1.74. The van der Waals surface area contributed by atoms with Crippen LogP contribution in [0.4, 0.5) is 0 Å². The second-order valence-corrected chi connectivity index (χ2v) is 2.97. The van der Waals surface area contributed by atoms with Gasteiger partial charge >= 0.3 is 5.56 Å². The second kappa shape index (κ2) is 3.20. The number of hydrogen-bond acceptors (Lipinski definition) is 4. The number of hydrogen-bond donors (Lipinski definition) is 0. The van der Waals surface area contributed by atoms with Crippen LogP contribution in [-0.4, -0.2) is 14.9 Å². The van der Waals surface area contributed by atoms with Crippen molar-refractivity contribution in [2.75, 3.05) is 0 Å². The van der Waals surface area contributed by atoms with E-state index in [-0.39, 0.29) is 14.3 Å². The van der Waals surface area contributed by atoms with Crippen molar-refractivity contribution in [1.29, 1.82) is 0 Å². The largest absolute Gasteiger partial charge is 0.353 e. The molecule has 0 radical (unpaired) electrons. The maximum absolute atomic E-state index is 10.9. The molecule has 0 spiro atoms. The summed E-state index contributed by atoms with van der Waals surface area (Å²) in [6.45, 7) is 0. The van der Waals surface area contributed by atoms with Crippen LogP contribution < -0.4 is 5.56 Å². The first-order valence-corrected chi connectivity index (χ1v) is 3.79. The van der Waals surface area contributed by atoms with Gasteiger partial charge in [0.05, 0.1) is 14.3 Å². The van der Waals surface area contributed by atoms with Crippen molar-refractivity contribution in [3.63, 3.8) is 0 Å². The van der Waals surface area contributed by atoms with Crippen LogP contribution in [0.3, 0.4) is 0 Å². The minimum absolute atomic E-state index is 0.0626. The lowest BCUT2D eigenvalue weighted by atomic mass is 10.6. The highest BCUT2D eigenvalue weighted by Gasteiger charge is 2.13. The summed E-state index contributed by atoms with van der Waals surface area (Å²) in [4.78, 5) is 21.1. The molecule has 0 unspecified atom stereocenters. The van der Waals surface area contributed by atoms with E-state index >= 15 is 0 Å². The highest BCUT2D eigenvalue weighted by molar-refractivity contribution is 9.10. The zero-order chi connectivity index (χ0) is 9.30. The molecule has 0 bridgehead atoms. The molecule has 0 atom stereocenters. The standard InChI is InChI=1S/C4HBrClN3O3/c5-2-1-7-8(9(11)12)4(10)3(2)6/h1H. The summed E-state index contributed by atoms with van der Waals surface area (Å²) in [7, 11) is 0. The monoisotopic (exact) mass is 253 g/mol. The maximum atomic E-state index is 10.9. The van der Waals surface area contributed by atoms with Crippen LogP contribution in [0.5, 0.6) is 0 Å². The van der Waals surface area contributed by atoms with Crippen LogP contribution in [0, 0.1) is 10.1 Å². The average molecular weight is 254 g/mol. The number of halogens is 2. The first kappa shape index (κ1) is 9.14. The molecule has 1 aromatic heterocycles. The molecule has 0 saturated heterocycles. The van der Waals surface area contributed by atoms with Gasteiger partial charge in [-0.3, -0.25) is 4.79 Å². The Balaban J connectivity index is 3.47. The van der Waals surface area contributed by atoms with E-state index in [4.69, 9.17) is 11.6 Å².